The van der Waals surface area contributed by atoms with Crippen LogP contribution in [0.5, 0.6) is 11.5 Å². The normalized spacial score (nSPS) is 12.8. The van der Waals surface area contributed by atoms with E-state index in [4.69, 9.17) is 18.9 Å². The molecule has 0 aromatic heterocycles. The van der Waals surface area contributed by atoms with Crippen molar-refractivity contribution in [2.75, 3.05) is 25.1 Å². The Hall–Kier alpha value is -4.28. The second kappa shape index (κ2) is 14.0. The number of carboxylic acids is 1. The van der Waals surface area contributed by atoms with Crippen LogP contribution in [-0.4, -0.2) is 54.8 Å². The summed E-state index contributed by atoms with van der Waals surface area (Å²) in [6, 6.07) is 11.6. The highest BCUT2D eigenvalue weighted by Gasteiger charge is 2.42. The molecule has 0 spiro atoms. The Morgan fingerprint density at radius 2 is 1.67 bits per heavy atom. The lowest BCUT2D eigenvalue weighted by atomic mass is 9.85. The summed E-state index contributed by atoms with van der Waals surface area (Å²) in [6.45, 7) is 10.7. The first-order valence-corrected chi connectivity index (χ1v) is 12.6. The maximum atomic E-state index is 12.8. The van der Waals surface area contributed by atoms with Crippen molar-refractivity contribution in [3.05, 3.63) is 53.6 Å². The molecule has 0 fully saturated rings. The zero-order valence-corrected chi connectivity index (χ0v) is 23.2. The molecule has 3 N–H and O–H groups in total. The summed E-state index contributed by atoms with van der Waals surface area (Å²) < 4.78 is 21.4. The fourth-order valence-corrected chi connectivity index (χ4v) is 3.59. The van der Waals surface area contributed by atoms with Gasteiger partial charge in [-0.2, -0.15) is 5.10 Å². The summed E-state index contributed by atoms with van der Waals surface area (Å²) in [5.41, 5.74) is 1.49. The van der Waals surface area contributed by atoms with E-state index in [0.29, 0.717) is 29.2 Å². The number of carbonyl (C=O) groups is 3. The van der Waals surface area contributed by atoms with Gasteiger partial charge in [0.1, 0.15) is 17.1 Å². The number of anilines is 1. The topological polar surface area (TPSA) is 145 Å². The number of hydrogen-bond acceptors (Lipinski definition) is 9. The van der Waals surface area contributed by atoms with Crippen LogP contribution in [0, 0.1) is 0 Å². The average Bonchev–Trinajstić information content (AvgIpc) is 2.86. The molecule has 11 nitrogen and oxygen atoms in total. The van der Waals surface area contributed by atoms with Gasteiger partial charge in [0, 0.05) is 11.3 Å². The van der Waals surface area contributed by atoms with Gasteiger partial charge in [-0.3, -0.25) is 0 Å². The van der Waals surface area contributed by atoms with E-state index in [1.807, 2.05) is 6.92 Å². The highest BCUT2D eigenvalue weighted by molar-refractivity contribution is 5.87. The lowest BCUT2D eigenvalue weighted by molar-refractivity contribution is -0.145. The summed E-state index contributed by atoms with van der Waals surface area (Å²) in [4.78, 5) is 36.4. The van der Waals surface area contributed by atoms with Crippen LogP contribution in [0.4, 0.5) is 10.5 Å². The molecule has 39 heavy (non-hydrogen) atoms. The van der Waals surface area contributed by atoms with Gasteiger partial charge in [0.2, 0.25) is 0 Å². The maximum Gasteiger partial charge on any atom is 0.428 e. The van der Waals surface area contributed by atoms with E-state index in [9.17, 15) is 19.5 Å². The standard InChI is InChI=1S/C28H37N3O8/c1-7-28(25(33)34,22-16-21(36-8-2)14-15-23(22)38-18-24(32)37-9-3)30-20-12-10-19(11-13-20)17-29-31-26(35)39-27(4,5)6/h10-17,30H,7-9,18H2,1-6H3,(H,31,35)(H,33,34). The first-order valence-electron chi connectivity index (χ1n) is 12.6. The third-order valence-electron chi connectivity index (χ3n) is 5.30. The van der Waals surface area contributed by atoms with Gasteiger partial charge in [-0.15, -0.1) is 0 Å². The fraction of sp³-hybridized carbons (Fsp3) is 0.429. The molecular weight excluding hydrogens is 506 g/mol. The minimum absolute atomic E-state index is 0.136. The Kier molecular flexibility index (Phi) is 11.1. The van der Waals surface area contributed by atoms with Crippen LogP contribution >= 0.6 is 0 Å². The predicted octanol–water partition coefficient (Wildman–Crippen LogP) is 4.69. The van der Waals surface area contributed by atoms with Gasteiger partial charge in [0.05, 0.1) is 19.4 Å². The number of benzene rings is 2. The third-order valence-corrected chi connectivity index (χ3v) is 5.30. The summed E-state index contributed by atoms with van der Waals surface area (Å²) >= 11 is 0. The molecule has 0 aliphatic rings. The molecule has 1 atom stereocenters. The first-order chi connectivity index (χ1) is 18.4. The van der Waals surface area contributed by atoms with E-state index < -0.39 is 29.2 Å². The van der Waals surface area contributed by atoms with Crippen LogP contribution in [0.3, 0.4) is 0 Å². The van der Waals surface area contributed by atoms with E-state index >= 15 is 0 Å². The average molecular weight is 544 g/mol. The summed E-state index contributed by atoms with van der Waals surface area (Å²) in [6.07, 6.45) is 0.892. The van der Waals surface area contributed by atoms with Crippen LogP contribution in [0.2, 0.25) is 0 Å². The quantitative estimate of drug-likeness (QED) is 0.186. The van der Waals surface area contributed by atoms with Crippen LogP contribution in [-0.2, 0) is 24.6 Å². The Morgan fingerprint density at radius 1 is 0.974 bits per heavy atom. The monoisotopic (exact) mass is 543 g/mol. The molecule has 0 aliphatic heterocycles. The Balaban J connectivity index is 2.33. The van der Waals surface area contributed by atoms with Gasteiger partial charge in [-0.1, -0.05) is 19.1 Å². The Labute approximate surface area is 228 Å². The molecular formula is C28H37N3O8. The number of esters is 1. The molecule has 0 saturated heterocycles. The van der Waals surface area contributed by atoms with Crippen LogP contribution in [0.1, 0.15) is 59.1 Å². The van der Waals surface area contributed by atoms with Gasteiger partial charge in [-0.25, -0.2) is 19.8 Å². The fourth-order valence-electron chi connectivity index (χ4n) is 3.59. The third kappa shape index (κ3) is 9.20. The van der Waals surface area contributed by atoms with E-state index in [2.05, 4.69) is 15.8 Å². The summed E-state index contributed by atoms with van der Waals surface area (Å²) in [5.74, 6) is -1.05. The molecule has 0 heterocycles. The Bertz CT molecular complexity index is 1160. The zero-order chi connectivity index (χ0) is 29.1. The zero-order valence-electron chi connectivity index (χ0n) is 23.2. The van der Waals surface area contributed by atoms with Crippen LogP contribution < -0.4 is 20.2 Å². The van der Waals surface area contributed by atoms with Crippen LogP contribution in [0.25, 0.3) is 0 Å². The molecule has 2 rings (SSSR count). The van der Waals surface area contributed by atoms with Crippen molar-refractivity contribution < 1.29 is 38.4 Å². The van der Waals surface area contributed by atoms with E-state index in [1.54, 1.807) is 77.1 Å². The smallest absolute Gasteiger partial charge is 0.428 e. The number of amides is 1. The second-order valence-electron chi connectivity index (χ2n) is 9.37. The lowest BCUT2D eigenvalue weighted by Gasteiger charge is -2.32. The SMILES string of the molecule is CCOC(=O)COc1ccc(OCC)cc1C(CC)(Nc1ccc(C=NNC(=O)OC(C)(C)C)cc1)C(=O)O. The molecule has 212 valence electrons. The molecule has 2 aromatic rings. The number of nitrogens with zero attached hydrogens (tertiary/aromatic N) is 1. The summed E-state index contributed by atoms with van der Waals surface area (Å²) in [5, 5.41) is 17.4. The lowest BCUT2D eigenvalue weighted by Crippen LogP contribution is -2.43. The van der Waals surface area contributed by atoms with Crippen molar-refractivity contribution in [3.63, 3.8) is 0 Å². The largest absolute Gasteiger partial charge is 0.494 e. The van der Waals surface area contributed by atoms with E-state index in [0.717, 1.165) is 0 Å². The van der Waals surface area contributed by atoms with Crippen molar-refractivity contribution in [2.24, 2.45) is 5.10 Å². The number of carbonyl (C=O) groups excluding carboxylic acids is 2. The van der Waals surface area contributed by atoms with Crippen molar-refractivity contribution in [1.82, 2.24) is 5.43 Å². The molecule has 0 aliphatic carbocycles. The number of ether oxygens (including phenoxy) is 4. The van der Waals surface area contributed by atoms with Gasteiger partial charge >= 0.3 is 18.0 Å². The Morgan fingerprint density at radius 3 is 2.23 bits per heavy atom. The minimum atomic E-state index is -1.62. The number of nitrogens with one attached hydrogen (secondary N) is 2. The molecule has 1 unspecified atom stereocenters. The van der Waals surface area contributed by atoms with Gasteiger partial charge in [0.25, 0.3) is 0 Å². The van der Waals surface area contributed by atoms with Gasteiger partial charge < -0.3 is 29.4 Å². The van der Waals surface area contributed by atoms with E-state index in [-0.39, 0.29) is 25.4 Å². The summed E-state index contributed by atoms with van der Waals surface area (Å²) in [7, 11) is 0. The number of rotatable bonds is 13. The minimum Gasteiger partial charge on any atom is -0.494 e. The van der Waals surface area contributed by atoms with Crippen molar-refractivity contribution in [1.29, 1.82) is 0 Å². The van der Waals surface area contributed by atoms with Gasteiger partial charge in [-0.05, 0) is 76.9 Å². The number of hydrogen-bond donors (Lipinski definition) is 3. The van der Waals surface area contributed by atoms with Gasteiger partial charge in [0.15, 0.2) is 12.1 Å². The highest BCUT2D eigenvalue weighted by Crippen LogP contribution is 2.39. The molecule has 0 bridgehead atoms. The molecule has 1 amide bonds. The molecule has 2 aromatic carbocycles. The number of aliphatic carboxylic acids is 1. The van der Waals surface area contributed by atoms with Crippen molar-refractivity contribution in [2.45, 2.75) is 59.1 Å². The second-order valence-corrected chi connectivity index (χ2v) is 9.37. The highest BCUT2D eigenvalue weighted by atomic mass is 16.6. The first kappa shape index (κ1) is 30.9. The van der Waals surface area contributed by atoms with E-state index in [1.165, 1.54) is 6.21 Å². The molecule has 0 saturated carbocycles. The maximum absolute atomic E-state index is 12.8. The molecule has 0 radical (unpaired) electrons. The predicted molar refractivity (Wildman–Crippen MR) is 146 cm³/mol. The molecule has 11 heteroatoms. The van der Waals surface area contributed by atoms with Crippen LogP contribution in [0.15, 0.2) is 47.6 Å². The number of hydrazone groups is 1. The van der Waals surface area contributed by atoms with Crippen molar-refractivity contribution >= 4 is 29.9 Å². The van der Waals surface area contributed by atoms with Crippen molar-refractivity contribution in [3.8, 4) is 11.5 Å². The number of carboxylic acid groups (broad SMARTS) is 1.